The Hall–Kier alpha value is -1.32. The van der Waals surface area contributed by atoms with Gasteiger partial charge in [0, 0.05) is 32.1 Å². The summed E-state index contributed by atoms with van der Waals surface area (Å²) in [6.45, 7) is 3.76. The number of sulfonamides is 1. The van der Waals surface area contributed by atoms with Gasteiger partial charge in [0.05, 0.1) is 10.6 Å². The number of nitrogens with zero attached hydrogens (tertiary/aromatic N) is 2. The van der Waals surface area contributed by atoms with Gasteiger partial charge in [0.1, 0.15) is 4.90 Å². The van der Waals surface area contributed by atoms with Crippen molar-refractivity contribution in [1.29, 1.82) is 0 Å². The first-order chi connectivity index (χ1) is 13.5. The van der Waals surface area contributed by atoms with E-state index in [4.69, 9.17) is 11.6 Å². The van der Waals surface area contributed by atoms with Crippen LogP contribution in [0, 0.1) is 11.8 Å². The van der Waals surface area contributed by atoms with Gasteiger partial charge in [-0.05, 0) is 49.8 Å². The number of carbonyl (C=O) groups excluding carboxylic acids is 1. The van der Waals surface area contributed by atoms with Gasteiger partial charge in [-0.2, -0.15) is 17.5 Å². The first-order valence-corrected chi connectivity index (χ1v) is 11.5. The van der Waals surface area contributed by atoms with Crippen molar-refractivity contribution in [3.05, 3.63) is 28.8 Å². The van der Waals surface area contributed by atoms with E-state index in [2.05, 4.69) is 6.92 Å². The molecule has 5 nitrogen and oxygen atoms in total. The van der Waals surface area contributed by atoms with Gasteiger partial charge >= 0.3 is 6.18 Å². The number of benzene rings is 1. The number of rotatable bonds is 3. The van der Waals surface area contributed by atoms with Crippen LogP contribution in [0.25, 0.3) is 0 Å². The number of hydrogen-bond donors (Lipinski definition) is 0. The average molecular weight is 453 g/mol. The van der Waals surface area contributed by atoms with Crippen LogP contribution in [-0.4, -0.2) is 49.7 Å². The van der Waals surface area contributed by atoms with Crippen LogP contribution in [0.4, 0.5) is 13.2 Å². The van der Waals surface area contributed by atoms with E-state index >= 15 is 0 Å². The molecule has 0 unspecified atom stereocenters. The first kappa shape index (κ1) is 22.4. The van der Waals surface area contributed by atoms with Gasteiger partial charge < -0.3 is 4.90 Å². The van der Waals surface area contributed by atoms with Crippen molar-refractivity contribution < 1.29 is 26.4 Å². The minimum absolute atomic E-state index is 0.0473. The molecule has 3 rings (SSSR count). The average Bonchev–Trinajstić information content (AvgIpc) is 2.67. The molecular formula is C19H24ClF3N2O3S. The summed E-state index contributed by atoms with van der Waals surface area (Å²) in [6.07, 6.45) is -2.04. The van der Waals surface area contributed by atoms with E-state index < -0.39 is 26.7 Å². The van der Waals surface area contributed by atoms with E-state index in [1.54, 1.807) is 0 Å². The third kappa shape index (κ3) is 4.88. The molecule has 1 aromatic carbocycles. The Morgan fingerprint density at radius 2 is 1.66 bits per heavy atom. The summed E-state index contributed by atoms with van der Waals surface area (Å²) in [5.74, 6) is 0.390. The number of carbonyl (C=O) groups is 1. The molecule has 2 fully saturated rings. The van der Waals surface area contributed by atoms with E-state index in [0.717, 1.165) is 42.4 Å². The molecule has 0 spiro atoms. The number of alkyl halides is 3. The van der Waals surface area contributed by atoms with E-state index in [0.29, 0.717) is 24.8 Å². The van der Waals surface area contributed by atoms with E-state index in [9.17, 15) is 26.4 Å². The van der Waals surface area contributed by atoms with Crippen LogP contribution in [0.1, 0.15) is 38.2 Å². The number of piperidine rings is 2. The Kier molecular flexibility index (Phi) is 6.50. The van der Waals surface area contributed by atoms with Crippen molar-refractivity contribution in [3.8, 4) is 0 Å². The fraction of sp³-hybridized carbons (Fsp3) is 0.632. The number of amides is 1. The summed E-state index contributed by atoms with van der Waals surface area (Å²) in [5, 5.41) is -0.251. The highest BCUT2D eigenvalue weighted by Crippen LogP contribution is 2.35. The highest BCUT2D eigenvalue weighted by Gasteiger charge is 2.37. The van der Waals surface area contributed by atoms with Crippen LogP contribution in [0.15, 0.2) is 23.1 Å². The molecule has 1 amide bonds. The van der Waals surface area contributed by atoms with Crippen LogP contribution in [0.2, 0.25) is 5.02 Å². The summed E-state index contributed by atoms with van der Waals surface area (Å²) >= 11 is 5.91. The summed E-state index contributed by atoms with van der Waals surface area (Å²) in [7, 11) is -4.18. The summed E-state index contributed by atoms with van der Waals surface area (Å²) in [6, 6.07) is 2.28. The van der Waals surface area contributed by atoms with E-state index in [1.807, 2.05) is 4.90 Å². The number of hydrogen-bond acceptors (Lipinski definition) is 3. The Morgan fingerprint density at radius 3 is 2.21 bits per heavy atom. The zero-order valence-corrected chi connectivity index (χ0v) is 17.7. The van der Waals surface area contributed by atoms with Gasteiger partial charge in [-0.3, -0.25) is 4.79 Å². The molecule has 162 valence electrons. The van der Waals surface area contributed by atoms with Gasteiger partial charge in [0.15, 0.2) is 0 Å². The Morgan fingerprint density at radius 1 is 1.07 bits per heavy atom. The SMILES string of the molecule is CC1CCN(C(=O)C2CCN(S(=O)(=O)c3cc(C(F)(F)F)ccc3Cl)CC2)CC1. The molecule has 1 aromatic rings. The molecule has 0 radical (unpaired) electrons. The topological polar surface area (TPSA) is 57.7 Å². The lowest BCUT2D eigenvalue weighted by molar-refractivity contribution is -0.138. The van der Waals surface area contributed by atoms with Crippen molar-refractivity contribution in [2.45, 2.75) is 43.7 Å². The molecule has 0 aromatic heterocycles. The van der Waals surface area contributed by atoms with Gasteiger partial charge in [0.25, 0.3) is 0 Å². The lowest BCUT2D eigenvalue weighted by Crippen LogP contribution is -2.46. The summed E-state index contributed by atoms with van der Waals surface area (Å²) in [4.78, 5) is 14.0. The van der Waals surface area contributed by atoms with Crippen molar-refractivity contribution in [1.82, 2.24) is 9.21 Å². The second-order valence-corrected chi connectivity index (χ2v) is 10.1. The fourth-order valence-corrected chi connectivity index (χ4v) is 5.82. The third-order valence-corrected chi connectivity index (χ3v) is 8.16. The van der Waals surface area contributed by atoms with Gasteiger partial charge in [-0.15, -0.1) is 0 Å². The zero-order chi connectivity index (χ0) is 21.4. The third-order valence-electron chi connectivity index (χ3n) is 5.77. The molecule has 2 heterocycles. The normalized spacial score (nSPS) is 20.8. The molecular weight excluding hydrogens is 429 g/mol. The molecule has 2 aliphatic rings. The summed E-state index contributed by atoms with van der Waals surface area (Å²) in [5.41, 5.74) is -1.06. The predicted molar refractivity (Wildman–Crippen MR) is 103 cm³/mol. The van der Waals surface area contributed by atoms with Crippen molar-refractivity contribution in [2.75, 3.05) is 26.2 Å². The first-order valence-electron chi connectivity index (χ1n) is 9.66. The Labute approximate surface area is 173 Å². The second kappa shape index (κ2) is 8.43. The minimum atomic E-state index is -4.67. The maximum absolute atomic E-state index is 13.0. The molecule has 0 saturated carbocycles. The van der Waals surface area contributed by atoms with Crippen LogP contribution in [0.3, 0.4) is 0 Å². The van der Waals surface area contributed by atoms with E-state index in [1.165, 1.54) is 0 Å². The van der Waals surface area contributed by atoms with E-state index in [-0.39, 0.29) is 29.9 Å². The maximum Gasteiger partial charge on any atom is 0.416 e. The Bertz CT molecular complexity index is 860. The zero-order valence-electron chi connectivity index (χ0n) is 16.1. The molecule has 2 aliphatic heterocycles. The predicted octanol–water partition coefficient (Wildman–Crippen LogP) is 4.02. The van der Waals surface area contributed by atoms with Crippen LogP contribution < -0.4 is 0 Å². The van der Waals surface area contributed by atoms with Crippen molar-refractivity contribution in [3.63, 3.8) is 0 Å². The van der Waals surface area contributed by atoms with Gasteiger partial charge in [-0.1, -0.05) is 18.5 Å². The number of likely N-dealkylation sites (tertiary alicyclic amines) is 1. The standard InChI is InChI=1S/C19H24ClF3N2O3S/c1-13-4-8-24(9-5-13)18(26)14-6-10-25(11-7-14)29(27,28)17-12-15(19(21,22)23)2-3-16(17)20/h2-3,12-14H,4-11H2,1H3. The van der Waals surface area contributed by atoms with Crippen LogP contribution in [-0.2, 0) is 21.0 Å². The lowest BCUT2D eigenvalue weighted by atomic mass is 9.93. The molecule has 0 bridgehead atoms. The highest BCUT2D eigenvalue weighted by atomic mass is 35.5. The van der Waals surface area contributed by atoms with Crippen molar-refractivity contribution in [2.24, 2.45) is 11.8 Å². The smallest absolute Gasteiger partial charge is 0.342 e. The van der Waals surface area contributed by atoms with Crippen LogP contribution >= 0.6 is 11.6 Å². The van der Waals surface area contributed by atoms with Gasteiger partial charge in [-0.25, -0.2) is 8.42 Å². The maximum atomic E-state index is 13.0. The molecule has 0 atom stereocenters. The minimum Gasteiger partial charge on any atom is -0.342 e. The van der Waals surface area contributed by atoms with Crippen LogP contribution in [0.5, 0.6) is 0 Å². The molecule has 0 aliphatic carbocycles. The fourth-order valence-electron chi connectivity index (χ4n) is 3.85. The Balaban J connectivity index is 1.69. The molecule has 0 N–H and O–H groups in total. The molecule has 29 heavy (non-hydrogen) atoms. The second-order valence-electron chi connectivity index (χ2n) is 7.83. The summed E-state index contributed by atoms with van der Waals surface area (Å²) < 4.78 is 65.8. The largest absolute Gasteiger partial charge is 0.416 e. The molecule has 10 heteroatoms. The highest BCUT2D eigenvalue weighted by molar-refractivity contribution is 7.89. The number of halogens is 4. The van der Waals surface area contributed by atoms with Gasteiger partial charge in [0.2, 0.25) is 15.9 Å². The van der Waals surface area contributed by atoms with Crippen molar-refractivity contribution >= 4 is 27.5 Å². The monoisotopic (exact) mass is 452 g/mol. The lowest BCUT2D eigenvalue weighted by Gasteiger charge is -2.36. The molecule has 2 saturated heterocycles. The quantitative estimate of drug-likeness (QED) is 0.696.